The van der Waals surface area contributed by atoms with Gasteiger partial charge in [0.25, 0.3) is 0 Å². The van der Waals surface area contributed by atoms with Gasteiger partial charge in [-0.3, -0.25) is 9.59 Å². The van der Waals surface area contributed by atoms with Crippen LogP contribution in [0.5, 0.6) is 0 Å². The molecule has 138 valence electrons. The number of nitrogens with one attached hydrogen (secondary N) is 2. The molecule has 0 saturated carbocycles. The standard InChI is InChI=1S/C18H31N3O2.ClH/c1-18(2,3)17(23)21-8-4-5-12(11-21)16(22)20-15-9-13-6-7-14(10-15)19-13;/h12-15,19H,4-11H2,1-3H3,(H,20,22);1H. The maximum Gasteiger partial charge on any atom is 0.227 e. The summed E-state index contributed by atoms with van der Waals surface area (Å²) in [6, 6.07) is 1.49. The summed E-state index contributed by atoms with van der Waals surface area (Å²) in [5, 5.41) is 6.88. The lowest BCUT2D eigenvalue weighted by molar-refractivity contribution is -0.143. The third kappa shape index (κ3) is 4.42. The first-order chi connectivity index (χ1) is 10.8. The lowest BCUT2D eigenvalue weighted by atomic mass is 9.90. The molecule has 0 aromatic rings. The number of likely N-dealkylation sites (tertiary alicyclic amines) is 1. The van der Waals surface area contributed by atoms with Crippen molar-refractivity contribution in [2.24, 2.45) is 11.3 Å². The third-order valence-electron chi connectivity index (χ3n) is 5.54. The molecule has 0 spiro atoms. The van der Waals surface area contributed by atoms with Crippen LogP contribution < -0.4 is 10.6 Å². The molecule has 3 aliphatic heterocycles. The molecule has 0 radical (unpaired) electrons. The monoisotopic (exact) mass is 357 g/mol. The number of fused-ring (bicyclic) bond motifs is 2. The molecule has 6 heteroatoms. The van der Waals surface area contributed by atoms with Crippen LogP contribution >= 0.6 is 12.4 Å². The SMILES string of the molecule is CC(C)(C)C(=O)N1CCCC(C(=O)NC2CC3CCC(C2)N3)C1.Cl. The highest BCUT2D eigenvalue weighted by molar-refractivity contribution is 5.85. The molecular weight excluding hydrogens is 326 g/mol. The number of hydrogen-bond acceptors (Lipinski definition) is 3. The number of piperidine rings is 2. The zero-order chi connectivity index (χ0) is 16.6. The summed E-state index contributed by atoms with van der Waals surface area (Å²) < 4.78 is 0. The van der Waals surface area contributed by atoms with Gasteiger partial charge in [0.1, 0.15) is 0 Å². The van der Waals surface area contributed by atoms with Crippen molar-refractivity contribution in [2.45, 2.75) is 77.4 Å². The van der Waals surface area contributed by atoms with Crippen LogP contribution in [0.4, 0.5) is 0 Å². The van der Waals surface area contributed by atoms with Crippen LogP contribution in [-0.2, 0) is 9.59 Å². The Hall–Kier alpha value is -0.810. The van der Waals surface area contributed by atoms with Gasteiger partial charge in [-0.2, -0.15) is 0 Å². The quantitative estimate of drug-likeness (QED) is 0.795. The summed E-state index contributed by atoms with van der Waals surface area (Å²) in [5.41, 5.74) is -0.368. The van der Waals surface area contributed by atoms with E-state index in [4.69, 9.17) is 0 Å². The maximum atomic E-state index is 12.6. The molecule has 3 aliphatic rings. The van der Waals surface area contributed by atoms with Crippen LogP contribution in [0.25, 0.3) is 0 Å². The molecule has 2 N–H and O–H groups in total. The van der Waals surface area contributed by atoms with E-state index in [2.05, 4.69) is 10.6 Å². The molecule has 3 heterocycles. The summed E-state index contributed by atoms with van der Waals surface area (Å²) in [6.45, 7) is 7.22. The van der Waals surface area contributed by atoms with Gasteiger partial charge >= 0.3 is 0 Å². The van der Waals surface area contributed by atoms with Crippen molar-refractivity contribution in [1.29, 1.82) is 0 Å². The van der Waals surface area contributed by atoms with Gasteiger partial charge in [-0.05, 0) is 38.5 Å². The lowest BCUT2D eigenvalue weighted by Gasteiger charge is -2.37. The molecule has 2 amide bonds. The van der Waals surface area contributed by atoms with Gasteiger partial charge in [0, 0.05) is 36.6 Å². The van der Waals surface area contributed by atoms with Crippen molar-refractivity contribution in [3.05, 3.63) is 0 Å². The van der Waals surface area contributed by atoms with Crippen molar-refractivity contribution in [1.82, 2.24) is 15.5 Å². The van der Waals surface area contributed by atoms with Gasteiger partial charge in [0.2, 0.25) is 11.8 Å². The van der Waals surface area contributed by atoms with Crippen LogP contribution in [0.2, 0.25) is 0 Å². The highest BCUT2D eigenvalue weighted by atomic mass is 35.5. The molecule has 5 nitrogen and oxygen atoms in total. The molecule has 3 rings (SSSR count). The highest BCUT2D eigenvalue weighted by Crippen LogP contribution is 2.28. The summed E-state index contributed by atoms with van der Waals surface area (Å²) in [4.78, 5) is 27.0. The van der Waals surface area contributed by atoms with Crippen molar-refractivity contribution >= 4 is 24.2 Å². The molecule has 24 heavy (non-hydrogen) atoms. The second-order valence-corrected chi connectivity index (χ2v) is 8.66. The second kappa shape index (κ2) is 7.61. The third-order valence-corrected chi connectivity index (χ3v) is 5.54. The van der Waals surface area contributed by atoms with E-state index < -0.39 is 0 Å². The fourth-order valence-electron chi connectivity index (χ4n) is 4.34. The van der Waals surface area contributed by atoms with Crippen molar-refractivity contribution in [3.8, 4) is 0 Å². The summed E-state index contributed by atoms with van der Waals surface area (Å²) in [5.74, 6) is 0.278. The number of rotatable bonds is 2. The minimum Gasteiger partial charge on any atom is -0.353 e. The van der Waals surface area contributed by atoms with E-state index in [9.17, 15) is 9.59 Å². The van der Waals surface area contributed by atoms with E-state index in [1.807, 2.05) is 25.7 Å². The van der Waals surface area contributed by atoms with E-state index >= 15 is 0 Å². The zero-order valence-electron chi connectivity index (χ0n) is 15.1. The number of nitrogens with zero attached hydrogens (tertiary/aromatic N) is 1. The van der Waals surface area contributed by atoms with Crippen LogP contribution in [0, 0.1) is 11.3 Å². The first kappa shape index (κ1) is 19.5. The minimum absolute atomic E-state index is 0. The van der Waals surface area contributed by atoms with Crippen LogP contribution in [0.15, 0.2) is 0 Å². The maximum absolute atomic E-state index is 12.6. The molecule has 3 unspecified atom stereocenters. The van der Waals surface area contributed by atoms with Crippen LogP contribution in [0.3, 0.4) is 0 Å². The first-order valence-electron chi connectivity index (χ1n) is 9.18. The average molecular weight is 358 g/mol. The van der Waals surface area contributed by atoms with Gasteiger partial charge in [-0.15, -0.1) is 12.4 Å². The summed E-state index contributed by atoms with van der Waals surface area (Å²) >= 11 is 0. The molecule has 3 atom stereocenters. The second-order valence-electron chi connectivity index (χ2n) is 8.66. The number of halogens is 1. The van der Waals surface area contributed by atoms with Crippen molar-refractivity contribution in [3.63, 3.8) is 0 Å². The number of carbonyl (C=O) groups excluding carboxylic acids is 2. The van der Waals surface area contributed by atoms with Crippen molar-refractivity contribution in [2.75, 3.05) is 13.1 Å². The topological polar surface area (TPSA) is 61.4 Å². The number of amides is 2. The molecule has 3 saturated heterocycles. The minimum atomic E-state index is -0.368. The van der Waals surface area contributed by atoms with Gasteiger partial charge < -0.3 is 15.5 Å². The van der Waals surface area contributed by atoms with Gasteiger partial charge in [0.05, 0.1) is 5.92 Å². The Morgan fingerprint density at radius 2 is 1.71 bits per heavy atom. The first-order valence-corrected chi connectivity index (χ1v) is 9.18. The molecule has 0 aromatic carbocycles. The summed E-state index contributed by atoms with van der Waals surface area (Å²) in [6.07, 6.45) is 6.43. The Morgan fingerprint density at radius 3 is 2.29 bits per heavy atom. The highest BCUT2D eigenvalue weighted by Gasteiger charge is 2.37. The Morgan fingerprint density at radius 1 is 1.08 bits per heavy atom. The van der Waals surface area contributed by atoms with Crippen LogP contribution in [-0.4, -0.2) is 47.9 Å². The van der Waals surface area contributed by atoms with Gasteiger partial charge in [-0.1, -0.05) is 20.8 Å². The Labute approximate surface area is 151 Å². The predicted octanol–water partition coefficient (Wildman–Crippen LogP) is 2.09. The predicted molar refractivity (Wildman–Crippen MR) is 97.1 cm³/mol. The summed E-state index contributed by atoms with van der Waals surface area (Å²) in [7, 11) is 0. The number of hydrogen-bond donors (Lipinski definition) is 2. The van der Waals surface area contributed by atoms with Gasteiger partial charge in [-0.25, -0.2) is 0 Å². The van der Waals surface area contributed by atoms with Crippen LogP contribution in [0.1, 0.15) is 59.3 Å². The molecule has 0 aliphatic carbocycles. The molecule has 0 aromatic heterocycles. The van der Waals surface area contributed by atoms with E-state index in [0.717, 1.165) is 32.2 Å². The molecule has 2 bridgehead atoms. The fourth-order valence-corrected chi connectivity index (χ4v) is 4.34. The number of carbonyl (C=O) groups is 2. The van der Waals surface area contributed by atoms with E-state index in [1.165, 1.54) is 12.8 Å². The Bertz CT molecular complexity index is 465. The molecular formula is C18H32ClN3O2. The smallest absolute Gasteiger partial charge is 0.227 e. The largest absolute Gasteiger partial charge is 0.353 e. The normalized spacial score (nSPS) is 32.9. The average Bonchev–Trinajstić information content (AvgIpc) is 2.84. The van der Waals surface area contributed by atoms with E-state index in [0.29, 0.717) is 24.7 Å². The van der Waals surface area contributed by atoms with E-state index in [1.54, 1.807) is 0 Å². The van der Waals surface area contributed by atoms with Gasteiger partial charge in [0.15, 0.2) is 0 Å². The molecule has 3 fully saturated rings. The van der Waals surface area contributed by atoms with E-state index in [-0.39, 0.29) is 35.6 Å². The Kier molecular flexibility index (Phi) is 6.19. The zero-order valence-corrected chi connectivity index (χ0v) is 16.0. The van der Waals surface area contributed by atoms with Crippen molar-refractivity contribution < 1.29 is 9.59 Å². The fraction of sp³-hybridized carbons (Fsp3) is 0.889. The lowest BCUT2D eigenvalue weighted by Crippen LogP contribution is -2.52. The Balaban J connectivity index is 0.00000208.